The zero-order chi connectivity index (χ0) is 31.7. The molecule has 1 N–H and O–H groups in total. The molecular weight excluding hydrogens is 598 g/mol. The van der Waals surface area contributed by atoms with Crippen LogP contribution in [-0.4, -0.2) is 61.2 Å². The normalized spacial score (nSPS) is 13.9. The zero-order valence-electron chi connectivity index (χ0n) is 24.9. The number of aromatic nitrogens is 2. The molecule has 0 spiro atoms. The maximum atomic E-state index is 13.1. The predicted molar refractivity (Wildman–Crippen MR) is 166 cm³/mol. The molecule has 1 heterocycles. The zero-order valence-corrected chi connectivity index (χ0v) is 25.7. The summed E-state index contributed by atoms with van der Waals surface area (Å²) in [7, 11) is -2.15. The van der Waals surface area contributed by atoms with Crippen molar-refractivity contribution in [3.63, 3.8) is 0 Å². The van der Waals surface area contributed by atoms with Gasteiger partial charge in [-0.3, -0.25) is 19.7 Å². The summed E-state index contributed by atoms with van der Waals surface area (Å²) in [5.41, 5.74) is 7.50. The highest BCUT2D eigenvalue weighted by molar-refractivity contribution is 7.92. The standard InChI is InChI=1S/C32H33N5O7S/c1-36(28-12-13-29(37(40)41)32-31(28)34-44-35-32)18-30(39)33-15-14-20-8-10-24(11-9-20)45(42,43)19-23(38)17-27-25-6-2-4-21(25)16-22-5-3-7-26(22)27/h8-13,16H,2-7,14-15,17-19H2,1H3,(H,33,39). The molecule has 0 aliphatic heterocycles. The number of hydrogen-bond donors (Lipinski definition) is 1. The molecule has 1 amide bonds. The van der Waals surface area contributed by atoms with Gasteiger partial charge in [-0.05, 0) is 107 Å². The van der Waals surface area contributed by atoms with E-state index in [1.165, 1.54) is 46.5 Å². The molecule has 3 aromatic carbocycles. The minimum Gasteiger partial charge on any atom is -0.363 e. The van der Waals surface area contributed by atoms with Crippen LogP contribution in [0.1, 0.15) is 46.2 Å². The number of benzene rings is 3. The Bertz CT molecular complexity index is 1890. The van der Waals surface area contributed by atoms with Crippen LogP contribution in [0.2, 0.25) is 0 Å². The van der Waals surface area contributed by atoms with Gasteiger partial charge in [0.05, 0.1) is 22.1 Å². The van der Waals surface area contributed by atoms with Crippen molar-refractivity contribution >= 4 is 43.9 Å². The number of fused-ring (bicyclic) bond motifs is 3. The lowest BCUT2D eigenvalue weighted by atomic mass is 9.91. The third-order valence-corrected chi connectivity index (χ3v) is 10.4. The monoisotopic (exact) mass is 631 g/mol. The fourth-order valence-corrected chi connectivity index (χ4v) is 7.80. The lowest BCUT2D eigenvalue weighted by Gasteiger charge is -2.18. The van der Waals surface area contributed by atoms with Crippen LogP contribution < -0.4 is 10.2 Å². The minimum absolute atomic E-state index is 0.00195. The number of Topliss-reactive ketones (excluding diaryl/α,β-unsaturated/α-hetero) is 1. The van der Waals surface area contributed by atoms with E-state index >= 15 is 0 Å². The molecule has 0 saturated heterocycles. The second-order valence-corrected chi connectivity index (χ2v) is 13.7. The smallest absolute Gasteiger partial charge is 0.300 e. The van der Waals surface area contributed by atoms with Gasteiger partial charge in [0.1, 0.15) is 5.75 Å². The van der Waals surface area contributed by atoms with Crippen molar-refractivity contribution < 1.29 is 27.6 Å². The molecule has 13 heteroatoms. The van der Waals surface area contributed by atoms with Crippen molar-refractivity contribution in [3.8, 4) is 0 Å². The molecule has 6 rings (SSSR count). The molecular formula is C32H33N5O7S. The number of non-ortho nitro benzene ring substituents is 1. The van der Waals surface area contributed by atoms with Crippen molar-refractivity contribution in [2.75, 3.05) is 30.8 Å². The molecule has 0 saturated carbocycles. The van der Waals surface area contributed by atoms with E-state index in [9.17, 15) is 28.1 Å². The first-order valence-corrected chi connectivity index (χ1v) is 16.6. The molecule has 0 bridgehead atoms. The lowest BCUT2D eigenvalue weighted by molar-refractivity contribution is -0.383. The Hall–Kier alpha value is -4.65. The molecule has 2 aliphatic rings. The van der Waals surface area contributed by atoms with Gasteiger partial charge in [0.15, 0.2) is 21.1 Å². The highest BCUT2D eigenvalue weighted by Gasteiger charge is 2.27. The van der Waals surface area contributed by atoms with E-state index in [0.717, 1.165) is 49.7 Å². The van der Waals surface area contributed by atoms with Crippen LogP contribution in [0.25, 0.3) is 11.0 Å². The summed E-state index contributed by atoms with van der Waals surface area (Å²) in [6.07, 6.45) is 6.77. The average Bonchev–Trinajstić information content (AvgIpc) is 3.77. The molecule has 45 heavy (non-hydrogen) atoms. The van der Waals surface area contributed by atoms with Crippen LogP contribution in [-0.2, 0) is 58.0 Å². The fraction of sp³-hybridized carbons (Fsp3) is 0.375. The summed E-state index contributed by atoms with van der Waals surface area (Å²) in [5, 5.41) is 21.4. The predicted octanol–water partition coefficient (Wildman–Crippen LogP) is 3.49. The van der Waals surface area contributed by atoms with E-state index in [4.69, 9.17) is 0 Å². The summed E-state index contributed by atoms with van der Waals surface area (Å²) in [6, 6.07) is 11.5. The molecule has 0 unspecified atom stereocenters. The Labute approximate surface area is 259 Å². The van der Waals surface area contributed by atoms with Gasteiger partial charge in [0.25, 0.3) is 0 Å². The quantitative estimate of drug-likeness (QED) is 0.181. The van der Waals surface area contributed by atoms with Crippen molar-refractivity contribution in [2.45, 2.75) is 56.3 Å². The number of carbonyl (C=O) groups excluding carboxylic acids is 2. The second kappa shape index (κ2) is 12.4. The molecule has 12 nitrogen and oxygen atoms in total. The Balaban J connectivity index is 1.01. The Morgan fingerprint density at radius 1 is 0.978 bits per heavy atom. The maximum absolute atomic E-state index is 13.1. The number of aryl methyl sites for hydroxylation is 2. The van der Waals surface area contributed by atoms with Crippen molar-refractivity contribution in [2.24, 2.45) is 0 Å². The number of anilines is 1. The average molecular weight is 632 g/mol. The molecule has 234 valence electrons. The first-order chi connectivity index (χ1) is 21.6. The highest BCUT2D eigenvalue weighted by atomic mass is 32.2. The van der Waals surface area contributed by atoms with E-state index in [1.807, 2.05) is 0 Å². The van der Waals surface area contributed by atoms with Gasteiger partial charge < -0.3 is 10.2 Å². The number of nitro groups is 1. The summed E-state index contributed by atoms with van der Waals surface area (Å²) >= 11 is 0. The van der Waals surface area contributed by atoms with Gasteiger partial charge in [0.2, 0.25) is 11.4 Å². The van der Waals surface area contributed by atoms with Gasteiger partial charge in [-0.2, -0.15) is 0 Å². The molecule has 2 aliphatic carbocycles. The summed E-state index contributed by atoms with van der Waals surface area (Å²) < 4.78 is 30.9. The summed E-state index contributed by atoms with van der Waals surface area (Å²) in [6.45, 7) is 0.268. The third-order valence-electron chi connectivity index (χ3n) is 8.70. The van der Waals surface area contributed by atoms with Gasteiger partial charge in [0, 0.05) is 26.1 Å². The maximum Gasteiger partial charge on any atom is 0.300 e. The van der Waals surface area contributed by atoms with Crippen molar-refractivity contribution in [3.05, 3.63) is 86.0 Å². The number of hydrogen-bond acceptors (Lipinski definition) is 10. The number of ketones is 1. The fourth-order valence-electron chi connectivity index (χ4n) is 6.55. The summed E-state index contributed by atoms with van der Waals surface area (Å²) in [5.74, 6) is -1.09. The SMILES string of the molecule is CN(CC(=O)NCCc1ccc(S(=O)(=O)CC(=O)Cc2c3c(cc4c2CCC4)CCC3)cc1)c1ccc([N+](=O)[O-])c2nonc12. The third kappa shape index (κ3) is 6.30. The number of nitrogens with one attached hydrogen (secondary N) is 1. The van der Waals surface area contributed by atoms with Crippen LogP contribution in [0.3, 0.4) is 0 Å². The first-order valence-electron chi connectivity index (χ1n) is 15.0. The van der Waals surface area contributed by atoms with Gasteiger partial charge >= 0.3 is 5.69 Å². The number of amides is 1. The largest absolute Gasteiger partial charge is 0.363 e. The minimum atomic E-state index is -3.80. The number of nitrogens with zero attached hydrogens (tertiary/aromatic N) is 4. The van der Waals surface area contributed by atoms with E-state index < -0.39 is 20.5 Å². The van der Waals surface area contributed by atoms with Crippen LogP contribution in [0.5, 0.6) is 0 Å². The Morgan fingerprint density at radius 2 is 1.64 bits per heavy atom. The Kier molecular flexibility index (Phi) is 8.36. The Morgan fingerprint density at radius 3 is 2.31 bits per heavy atom. The number of carbonyl (C=O) groups is 2. The van der Waals surface area contributed by atoms with Gasteiger partial charge in [-0.15, -0.1) is 0 Å². The van der Waals surface area contributed by atoms with Crippen molar-refractivity contribution in [1.29, 1.82) is 0 Å². The van der Waals surface area contributed by atoms with E-state index in [-0.39, 0.29) is 46.3 Å². The highest BCUT2D eigenvalue weighted by Crippen LogP contribution is 2.36. The molecule has 1 aromatic heterocycles. The van der Waals surface area contributed by atoms with Crippen molar-refractivity contribution in [1.82, 2.24) is 15.6 Å². The number of sulfone groups is 1. The topological polar surface area (TPSA) is 166 Å². The van der Waals surface area contributed by atoms with Gasteiger partial charge in [-0.25, -0.2) is 13.0 Å². The van der Waals surface area contributed by atoms with Crippen LogP contribution in [0.15, 0.2) is 52.0 Å². The van der Waals surface area contributed by atoms with Crippen LogP contribution >= 0.6 is 0 Å². The number of likely N-dealkylation sites (N-methyl/N-ethyl adjacent to an activating group) is 1. The van der Waals surface area contributed by atoms with Crippen LogP contribution in [0.4, 0.5) is 11.4 Å². The molecule has 0 fully saturated rings. The summed E-state index contributed by atoms with van der Waals surface area (Å²) in [4.78, 5) is 38.0. The first kappa shape index (κ1) is 30.4. The van der Waals surface area contributed by atoms with Crippen LogP contribution in [0, 0.1) is 10.1 Å². The number of rotatable bonds is 12. The molecule has 0 atom stereocenters. The van der Waals surface area contributed by atoms with Gasteiger partial charge in [-0.1, -0.05) is 18.2 Å². The number of nitro benzene ring substituents is 1. The molecule has 0 radical (unpaired) electrons. The van der Waals surface area contributed by atoms with E-state index in [1.54, 1.807) is 24.1 Å². The van der Waals surface area contributed by atoms with E-state index in [2.05, 4.69) is 26.3 Å². The van der Waals surface area contributed by atoms with E-state index in [0.29, 0.717) is 18.7 Å². The lowest BCUT2D eigenvalue weighted by Crippen LogP contribution is -2.36. The second-order valence-electron chi connectivity index (χ2n) is 11.7. The molecule has 4 aromatic rings.